The number of ether oxygens (including phenoxy) is 1. The lowest BCUT2D eigenvalue weighted by Gasteiger charge is -2.35. The smallest absolute Gasteiger partial charge is 0.327 e. The predicted molar refractivity (Wildman–Crippen MR) is 96.6 cm³/mol. The molecule has 1 aromatic carbocycles. The molecule has 1 aromatic rings. The van der Waals surface area contributed by atoms with Crippen LogP contribution in [0.5, 0.6) is 0 Å². The fourth-order valence-corrected chi connectivity index (χ4v) is 3.11. The van der Waals surface area contributed by atoms with E-state index in [1.807, 2.05) is 18.2 Å². The molecule has 1 aliphatic carbocycles. The normalized spacial score (nSPS) is 23.0. The summed E-state index contributed by atoms with van der Waals surface area (Å²) in [5.41, 5.74) is 0.0987. The third kappa shape index (κ3) is 3.72. The number of nitriles is 1. The van der Waals surface area contributed by atoms with Crippen LogP contribution in [0.25, 0.3) is 6.08 Å². The zero-order valence-electron chi connectivity index (χ0n) is 13.9. The maximum Gasteiger partial charge on any atom is 0.327 e. The van der Waals surface area contributed by atoms with Crippen LogP contribution in [0, 0.1) is 22.7 Å². The molecular weight excluding hydrogens is 338 g/mol. The van der Waals surface area contributed by atoms with E-state index in [4.69, 9.17) is 16.3 Å². The first-order chi connectivity index (χ1) is 12.0. The van der Waals surface area contributed by atoms with Crippen molar-refractivity contribution < 1.29 is 14.3 Å². The summed E-state index contributed by atoms with van der Waals surface area (Å²) in [6, 6.07) is 9.32. The van der Waals surface area contributed by atoms with Crippen molar-refractivity contribution in [3.63, 3.8) is 0 Å². The zero-order chi connectivity index (χ0) is 18.4. The Hall–Kier alpha value is -2.64. The number of carbonyl (C=O) groups excluding carboxylic acids is 2. The number of hydrogen-bond acceptors (Lipinski definition) is 4. The molecule has 0 heterocycles. The highest BCUT2D eigenvalue weighted by atomic mass is 35.5. The van der Waals surface area contributed by atoms with Gasteiger partial charge in [0.2, 0.25) is 0 Å². The Morgan fingerprint density at radius 3 is 2.84 bits per heavy atom. The van der Waals surface area contributed by atoms with Gasteiger partial charge in [-0.1, -0.05) is 54.6 Å². The van der Waals surface area contributed by atoms with Crippen LogP contribution in [0.3, 0.4) is 0 Å². The summed E-state index contributed by atoms with van der Waals surface area (Å²) in [6.45, 7) is 5.76. The molecule has 0 fully saturated rings. The fraction of sp³-hybridized carbons (Fsp3) is 0.250. The first-order valence-electron chi connectivity index (χ1n) is 7.84. The third-order valence-corrected chi connectivity index (χ3v) is 4.49. The summed E-state index contributed by atoms with van der Waals surface area (Å²) in [4.78, 5) is 23.8. The molecular formula is C20H18ClNO3. The van der Waals surface area contributed by atoms with Crippen LogP contribution in [0.2, 0.25) is 5.02 Å². The van der Waals surface area contributed by atoms with Crippen LogP contribution in [0.15, 0.2) is 54.1 Å². The van der Waals surface area contributed by atoms with Crippen molar-refractivity contribution in [2.24, 2.45) is 11.3 Å². The summed E-state index contributed by atoms with van der Waals surface area (Å²) < 4.78 is 5.12. The van der Waals surface area contributed by atoms with Crippen LogP contribution >= 0.6 is 11.6 Å². The van der Waals surface area contributed by atoms with Crippen LogP contribution in [-0.2, 0) is 14.3 Å². The molecule has 25 heavy (non-hydrogen) atoms. The number of benzene rings is 1. The Morgan fingerprint density at radius 1 is 1.52 bits per heavy atom. The minimum absolute atomic E-state index is 0.0115. The minimum Gasteiger partial charge on any atom is -0.465 e. The number of nitrogens with zero attached hydrogens (tertiary/aromatic N) is 1. The van der Waals surface area contributed by atoms with Gasteiger partial charge in [0.15, 0.2) is 5.41 Å². The second kappa shape index (κ2) is 7.96. The van der Waals surface area contributed by atoms with E-state index in [-0.39, 0.29) is 13.0 Å². The van der Waals surface area contributed by atoms with Crippen molar-refractivity contribution in [2.45, 2.75) is 13.3 Å². The van der Waals surface area contributed by atoms with Gasteiger partial charge in [0, 0.05) is 17.4 Å². The molecule has 1 aliphatic rings. The van der Waals surface area contributed by atoms with Gasteiger partial charge in [-0.3, -0.25) is 9.59 Å². The van der Waals surface area contributed by atoms with Gasteiger partial charge in [0.1, 0.15) is 6.29 Å². The van der Waals surface area contributed by atoms with E-state index in [1.54, 1.807) is 31.2 Å². The highest BCUT2D eigenvalue weighted by Crippen LogP contribution is 2.44. The first-order valence-corrected chi connectivity index (χ1v) is 8.22. The molecule has 0 saturated carbocycles. The Bertz CT molecular complexity index is 803. The van der Waals surface area contributed by atoms with Gasteiger partial charge in [-0.05, 0) is 29.7 Å². The average Bonchev–Trinajstić information content (AvgIpc) is 2.61. The van der Waals surface area contributed by atoms with Gasteiger partial charge in [-0.25, -0.2) is 0 Å². The van der Waals surface area contributed by atoms with E-state index < -0.39 is 17.3 Å². The van der Waals surface area contributed by atoms with E-state index in [1.165, 1.54) is 0 Å². The zero-order valence-corrected chi connectivity index (χ0v) is 14.6. The van der Waals surface area contributed by atoms with Crippen molar-refractivity contribution >= 4 is 29.9 Å². The molecule has 0 saturated heterocycles. The largest absolute Gasteiger partial charge is 0.465 e. The molecule has 0 N–H and O–H groups in total. The van der Waals surface area contributed by atoms with E-state index in [0.29, 0.717) is 22.5 Å². The number of allylic oxidation sites excluding steroid dienone is 4. The first kappa shape index (κ1) is 18.7. The lowest BCUT2D eigenvalue weighted by Crippen LogP contribution is -2.41. The van der Waals surface area contributed by atoms with Gasteiger partial charge >= 0.3 is 5.97 Å². The monoisotopic (exact) mass is 355 g/mol. The Balaban J connectivity index is 2.50. The van der Waals surface area contributed by atoms with Crippen LogP contribution in [-0.4, -0.2) is 18.9 Å². The van der Waals surface area contributed by atoms with Gasteiger partial charge in [0.25, 0.3) is 0 Å². The fourth-order valence-electron chi connectivity index (χ4n) is 2.91. The van der Waals surface area contributed by atoms with Crippen LogP contribution < -0.4 is 0 Å². The maximum atomic E-state index is 12.6. The highest BCUT2D eigenvalue weighted by Gasteiger charge is 2.50. The number of carbonyl (C=O) groups is 2. The molecule has 0 spiro atoms. The van der Waals surface area contributed by atoms with Crippen molar-refractivity contribution in [1.82, 2.24) is 0 Å². The maximum absolute atomic E-state index is 12.6. The average molecular weight is 356 g/mol. The molecule has 2 atom stereocenters. The molecule has 0 radical (unpaired) electrons. The van der Waals surface area contributed by atoms with Gasteiger partial charge in [0.05, 0.1) is 12.7 Å². The topological polar surface area (TPSA) is 67.2 Å². The van der Waals surface area contributed by atoms with Crippen molar-refractivity contribution in [2.75, 3.05) is 6.61 Å². The van der Waals surface area contributed by atoms with Crippen molar-refractivity contribution in [1.29, 1.82) is 5.26 Å². The third-order valence-electron chi connectivity index (χ3n) is 4.15. The molecule has 2 rings (SSSR count). The van der Waals surface area contributed by atoms with E-state index in [0.717, 1.165) is 5.56 Å². The number of aldehydes is 1. The van der Waals surface area contributed by atoms with Crippen molar-refractivity contribution in [3.8, 4) is 6.07 Å². The van der Waals surface area contributed by atoms with Crippen LogP contribution in [0.1, 0.15) is 18.9 Å². The summed E-state index contributed by atoms with van der Waals surface area (Å²) in [5, 5.41) is 10.4. The van der Waals surface area contributed by atoms with E-state index >= 15 is 0 Å². The van der Waals surface area contributed by atoms with E-state index in [9.17, 15) is 14.9 Å². The molecule has 0 unspecified atom stereocenters. The van der Waals surface area contributed by atoms with Crippen LogP contribution in [0.4, 0.5) is 0 Å². The van der Waals surface area contributed by atoms with E-state index in [2.05, 4.69) is 12.6 Å². The lowest BCUT2D eigenvalue weighted by molar-refractivity contribution is -0.153. The van der Waals surface area contributed by atoms with Gasteiger partial charge < -0.3 is 4.74 Å². The second-order valence-electron chi connectivity index (χ2n) is 5.75. The summed E-state index contributed by atoms with van der Waals surface area (Å²) in [7, 11) is 0. The second-order valence-corrected chi connectivity index (χ2v) is 6.16. The van der Waals surface area contributed by atoms with Gasteiger partial charge in [-0.15, -0.1) is 0 Å². The SMILES string of the molecule is C=C1C=C(C=O)C[C@@](C#N)(C(=O)OCC)[C@H]1/C=C/c1ccccc1Cl. The molecule has 0 aliphatic heterocycles. The predicted octanol–water partition coefficient (Wildman–Crippen LogP) is 4.13. The standard InChI is InChI=1S/C20H18ClNO3/c1-3-25-19(24)20(13-22)11-15(12-23)10-14(2)17(20)9-8-16-6-4-5-7-18(16)21/h4-10,12,17H,2-3,11H2,1H3/b9-8+/t17-,20-/m0/s1. The van der Waals surface area contributed by atoms with Crippen molar-refractivity contribution in [3.05, 3.63) is 64.7 Å². The molecule has 0 bridgehead atoms. The Morgan fingerprint density at radius 2 is 2.24 bits per heavy atom. The molecule has 128 valence electrons. The minimum atomic E-state index is -1.52. The Labute approximate surface area is 152 Å². The number of halogens is 1. The van der Waals surface area contributed by atoms with Gasteiger partial charge in [-0.2, -0.15) is 5.26 Å². The molecule has 5 heteroatoms. The number of esters is 1. The lowest BCUT2D eigenvalue weighted by atomic mass is 9.65. The number of rotatable bonds is 5. The summed E-state index contributed by atoms with van der Waals surface area (Å²) in [5.74, 6) is -1.27. The molecule has 0 aromatic heterocycles. The quantitative estimate of drug-likeness (QED) is 0.588. The highest BCUT2D eigenvalue weighted by molar-refractivity contribution is 6.32. The summed E-state index contributed by atoms with van der Waals surface area (Å²) >= 11 is 6.15. The molecule has 0 amide bonds. The number of hydrogen-bond donors (Lipinski definition) is 0. The molecule has 4 nitrogen and oxygen atoms in total. The summed E-state index contributed by atoms with van der Waals surface area (Å²) in [6.07, 6.45) is 5.72. The Kier molecular flexibility index (Phi) is 5.95.